The minimum atomic E-state index is -0.138. The van der Waals surface area contributed by atoms with E-state index in [-0.39, 0.29) is 11.9 Å². The van der Waals surface area contributed by atoms with Crippen LogP contribution in [0.3, 0.4) is 0 Å². The van der Waals surface area contributed by atoms with Crippen molar-refractivity contribution in [2.45, 2.75) is 25.8 Å². The summed E-state index contributed by atoms with van der Waals surface area (Å²) in [4.78, 5) is 14.7. The van der Waals surface area contributed by atoms with Crippen LogP contribution >= 0.6 is 11.6 Å². The fourth-order valence-corrected chi connectivity index (χ4v) is 3.49. The van der Waals surface area contributed by atoms with E-state index in [0.29, 0.717) is 23.1 Å². The predicted molar refractivity (Wildman–Crippen MR) is 93.4 cm³/mol. The number of carbonyl (C=O) groups excluding carboxylic acids is 1. The van der Waals surface area contributed by atoms with Crippen LogP contribution in [0.4, 0.5) is 0 Å². The van der Waals surface area contributed by atoms with Crippen molar-refractivity contribution in [3.63, 3.8) is 0 Å². The Balaban J connectivity index is 1.60. The topological polar surface area (TPSA) is 59.5 Å². The Kier molecular flexibility index (Phi) is 4.09. The van der Waals surface area contributed by atoms with Gasteiger partial charge in [-0.3, -0.25) is 4.79 Å². The van der Waals surface area contributed by atoms with E-state index in [1.165, 1.54) is 0 Å². The van der Waals surface area contributed by atoms with Crippen molar-refractivity contribution < 1.29 is 13.7 Å². The maximum absolute atomic E-state index is 12.9. The van der Waals surface area contributed by atoms with E-state index in [9.17, 15) is 4.79 Å². The third-order valence-electron chi connectivity index (χ3n) is 4.46. The lowest BCUT2D eigenvalue weighted by molar-refractivity contribution is 0.0699. The zero-order valence-electron chi connectivity index (χ0n) is 13.7. The molecule has 2 aromatic heterocycles. The molecule has 1 atom stereocenters. The van der Waals surface area contributed by atoms with Crippen LogP contribution in [0, 0.1) is 6.92 Å². The summed E-state index contributed by atoms with van der Waals surface area (Å²) in [6.45, 7) is 2.53. The number of likely N-dealkylation sites (tertiary alicyclic amines) is 1. The number of aromatic nitrogens is 1. The molecule has 0 aliphatic carbocycles. The van der Waals surface area contributed by atoms with Crippen LogP contribution in [0.2, 0.25) is 5.02 Å². The molecular weight excluding hydrogens is 340 g/mol. The van der Waals surface area contributed by atoms with E-state index in [4.69, 9.17) is 20.5 Å². The molecule has 0 spiro atoms. The first-order valence-corrected chi connectivity index (χ1v) is 8.60. The Labute approximate surface area is 150 Å². The normalized spacial score (nSPS) is 17.2. The summed E-state index contributed by atoms with van der Waals surface area (Å²) >= 11 is 6.21. The van der Waals surface area contributed by atoms with Crippen LogP contribution in [0.1, 0.15) is 40.9 Å². The highest BCUT2D eigenvalue weighted by atomic mass is 35.5. The Hall–Kier alpha value is -2.53. The van der Waals surface area contributed by atoms with Crippen LogP contribution in [0.25, 0.3) is 11.3 Å². The van der Waals surface area contributed by atoms with Crippen molar-refractivity contribution in [3.05, 3.63) is 64.7 Å². The third kappa shape index (κ3) is 2.96. The van der Waals surface area contributed by atoms with Crippen LogP contribution in [0.5, 0.6) is 0 Å². The van der Waals surface area contributed by atoms with E-state index in [2.05, 4.69) is 5.16 Å². The molecule has 0 radical (unpaired) electrons. The number of carbonyl (C=O) groups is 1. The second-order valence-corrected chi connectivity index (χ2v) is 6.57. The SMILES string of the molecule is Cc1cc(C2CCCN2C(=O)c2ccc(-c3ccccc3Cl)o2)no1. The standard InChI is InChI=1S/C19H17ClN2O3/c1-12-11-15(21-25-12)16-7-4-10-22(16)19(23)18-9-8-17(24-18)13-5-2-3-6-14(13)20/h2-3,5-6,8-9,11,16H,4,7,10H2,1H3. The van der Waals surface area contributed by atoms with Gasteiger partial charge in [-0.2, -0.15) is 0 Å². The first-order chi connectivity index (χ1) is 12.1. The molecule has 1 fully saturated rings. The zero-order valence-corrected chi connectivity index (χ0v) is 14.5. The largest absolute Gasteiger partial charge is 0.451 e. The quantitative estimate of drug-likeness (QED) is 0.671. The van der Waals surface area contributed by atoms with Crippen LogP contribution in [-0.4, -0.2) is 22.5 Å². The molecule has 1 saturated heterocycles. The number of benzene rings is 1. The number of hydrogen-bond donors (Lipinski definition) is 0. The minimum Gasteiger partial charge on any atom is -0.451 e. The molecule has 1 amide bonds. The monoisotopic (exact) mass is 356 g/mol. The predicted octanol–water partition coefficient (Wildman–Crippen LogP) is 4.87. The molecule has 25 heavy (non-hydrogen) atoms. The summed E-state index contributed by atoms with van der Waals surface area (Å²) in [6.07, 6.45) is 1.80. The smallest absolute Gasteiger partial charge is 0.290 e. The van der Waals surface area contributed by atoms with Crippen molar-refractivity contribution in [2.75, 3.05) is 6.54 Å². The summed E-state index contributed by atoms with van der Waals surface area (Å²) in [5.41, 5.74) is 1.56. The van der Waals surface area contributed by atoms with Gasteiger partial charge in [0.1, 0.15) is 17.2 Å². The van der Waals surface area contributed by atoms with Crippen LogP contribution in [0.15, 0.2) is 51.4 Å². The average Bonchev–Trinajstić information content (AvgIpc) is 3.34. The molecule has 1 aliphatic rings. The van der Waals surface area contributed by atoms with E-state index in [1.807, 2.05) is 31.2 Å². The molecule has 1 aromatic carbocycles. The van der Waals surface area contributed by atoms with Crippen LogP contribution < -0.4 is 0 Å². The molecule has 4 rings (SSSR count). The number of furan rings is 1. The third-order valence-corrected chi connectivity index (χ3v) is 4.79. The first kappa shape index (κ1) is 16.0. The zero-order chi connectivity index (χ0) is 17.4. The van der Waals surface area contributed by atoms with Crippen molar-refractivity contribution in [2.24, 2.45) is 0 Å². The van der Waals surface area contributed by atoms with Crippen LogP contribution in [-0.2, 0) is 0 Å². The van der Waals surface area contributed by atoms with Crippen molar-refractivity contribution >= 4 is 17.5 Å². The van der Waals surface area contributed by atoms with Gasteiger partial charge in [0.25, 0.3) is 5.91 Å². The van der Waals surface area contributed by atoms with Gasteiger partial charge >= 0.3 is 0 Å². The molecule has 5 nitrogen and oxygen atoms in total. The fraction of sp³-hybridized carbons (Fsp3) is 0.263. The van der Waals surface area contributed by atoms with E-state index in [1.54, 1.807) is 23.1 Å². The molecule has 128 valence electrons. The van der Waals surface area contributed by atoms with Gasteiger partial charge in [-0.1, -0.05) is 28.9 Å². The van der Waals surface area contributed by atoms with Gasteiger partial charge in [0.05, 0.1) is 11.1 Å². The second kappa shape index (κ2) is 6.41. The van der Waals surface area contributed by atoms with Gasteiger partial charge in [0.2, 0.25) is 0 Å². The highest BCUT2D eigenvalue weighted by Crippen LogP contribution is 2.34. The highest BCUT2D eigenvalue weighted by molar-refractivity contribution is 6.33. The molecular formula is C19H17ClN2O3. The van der Waals surface area contributed by atoms with E-state index >= 15 is 0 Å². The molecule has 0 saturated carbocycles. The fourth-order valence-electron chi connectivity index (χ4n) is 3.26. The number of aryl methyl sites for hydroxylation is 1. The second-order valence-electron chi connectivity index (χ2n) is 6.16. The maximum atomic E-state index is 12.9. The van der Waals surface area contributed by atoms with Gasteiger partial charge in [-0.25, -0.2) is 0 Å². The van der Waals surface area contributed by atoms with Crippen molar-refractivity contribution in [1.29, 1.82) is 0 Å². The molecule has 3 aromatic rings. The van der Waals surface area contributed by atoms with Gasteiger partial charge in [0.15, 0.2) is 5.76 Å². The summed E-state index contributed by atoms with van der Waals surface area (Å²) in [5.74, 6) is 1.50. The van der Waals surface area contributed by atoms with E-state index in [0.717, 1.165) is 29.9 Å². The number of hydrogen-bond acceptors (Lipinski definition) is 4. The molecule has 3 heterocycles. The van der Waals surface area contributed by atoms with Gasteiger partial charge in [0, 0.05) is 18.2 Å². The maximum Gasteiger partial charge on any atom is 0.290 e. The Morgan fingerprint density at radius 2 is 2.12 bits per heavy atom. The lowest BCUT2D eigenvalue weighted by Crippen LogP contribution is -2.30. The van der Waals surface area contributed by atoms with E-state index < -0.39 is 0 Å². The molecule has 1 unspecified atom stereocenters. The number of nitrogens with zero attached hydrogens (tertiary/aromatic N) is 2. The molecule has 6 heteroatoms. The number of halogens is 1. The molecule has 1 aliphatic heterocycles. The van der Waals surface area contributed by atoms with Crippen molar-refractivity contribution in [3.8, 4) is 11.3 Å². The Morgan fingerprint density at radius 1 is 1.28 bits per heavy atom. The summed E-state index contributed by atoms with van der Waals surface area (Å²) in [7, 11) is 0. The summed E-state index contributed by atoms with van der Waals surface area (Å²) < 4.78 is 11.0. The summed E-state index contributed by atoms with van der Waals surface area (Å²) in [5, 5.41) is 4.66. The molecule has 0 bridgehead atoms. The first-order valence-electron chi connectivity index (χ1n) is 8.22. The minimum absolute atomic E-state index is 0.0705. The lowest BCUT2D eigenvalue weighted by atomic mass is 10.1. The van der Waals surface area contributed by atoms with Crippen molar-refractivity contribution in [1.82, 2.24) is 10.1 Å². The highest BCUT2D eigenvalue weighted by Gasteiger charge is 2.34. The lowest BCUT2D eigenvalue weighted by Gasteiger charge is -2.21. The van der Waals surface area contributed by atoms with Gasteiger partial charge < -0.3 is 13.8 Å². The Morgan fingerprint density at radius 3 is 2.88 bits per heavy atom. The summed E-state index contributed by atoms with van der Waals surface area (Å²) in [6, 6.07) is 12.7. The van der Waals surface area contributed by atoms with Gasteiger partial charge in [-0.05, 0) is 44.0 Å². The van der Waals surface area contributed by atoms with Gasteiger partial charge in [-0.15, -0.1) is 0 Å². The Bertz CT molecular complexity index is 915. The number of rotatable bonds is 3. The molecule has 0 N–H and O–H groups in total. The number of amides is 1. The average molecular weight is 357 g/mol.